The van der Waals surface area contributed by atoms with Crippen molar-refractivity contribution in [1.82, 2.24) is 4.98 Å². The average Bonchev–Trinajstić information content (AvgIpc) is 2.40. The van der Waals surface area contributed by atoms with Gasteiger partial charge in [0.1, 0.15) is 5.75 Å². The van der Waals surface area contributed by atoms with Crippen LogP contribution in [-0.4, -0.2) is 17.1 Å². The summed E-state index contributed by atoms with van der Waals surface area (Å²) in [6, 6.07) is 6.75. The minimum Gasteiger partial charge on any atom is -0.405 e. The van der Waals surface area contributed by atoms with Crippen LogP contribution in [-0.2, 0) is 0 Å². The summed E-state index contributed by atoms with van der Waals surface area (Å²) in [4.78, 5) is 15.9. The van der Waals surface area contributed by atoms with E-state index in [1.54, 1.807) is 0 Å². The number of hydrogen-bond donors (Lipinski definition) is 0. The number of ketones is 1. The Morgan fingerprint density at radius 2 is 1.75 bits per heavy atom. The van der Waals surface area contributed by atoms with Gasteiger partial charge in [0.15, 0.2) is 5.78 Å². The van der Waals surface area contributed by atoms with Gasteiger partial charge in [-0.1, -0.05) is 0 Å². The smallest absolute Gasteiger partial charge is 0.405 e. The van der Waals surface area contributed by atoms with Gasteiger partial charge in [-0.05, 0) is 46.3 Å². The number of rotatable bonds is 3. The molecular weight excluding hydrogens is 339 g/mol. The van der Waals surface area contributed by atoms with Crippen molar-refractivity contribution in [1.29, 1.82) is 0 Å². The SMILES string of the molecule is O=C(c1ccncc1)c1ccc(Br)c(OC(F)(F)F)c1. The number of nitrogens with zero attached hydrogens (tertiary/aromatic N) is 1. The highest BCUT2D eigenvalue weighted by Crippen LogP contribution is 2.31. The highest BCUT2D eigenvalue weighted by atomic mass is 79.9. The Bertz CT molecular complexity index is 629. The first-order valence-corrected chi connectivity index (χ1v) is 6.16. The number of benzene rings is 1. The van der Waals surface area contributed by atoms with Crippen LogP contribution in [0.3, 0.4) is 0 Å². The van der Waals surface area contributed by atoms with Crippen molar-refractivity contribution >= 4 is 21.7 Å². The molecule has 1 heterocycles. The van der Waals surface area contributed by atoms with Crippen LogP contribution in [0.2, 0.25) is 0 Å². The summed E-state index contributed by atoms with van der Waals surface area (Å²) in [5.74, 6) is -0.871. The zero-order chi connectivity index (χ0) is 14.8. The lowest BCUT2D eigenvalue weighted by Crippen LogP contribution is -2.17. The maximum atomic E-state index is 12.2. The zero-order valence-corrected chi connectivity index (χ0v) is 11.4. The molecule has 0 saturated carbocycles. The average molecular weight is 346 g/mol. The van der Waals surface area contributed by atoms with Crippen LogP contribution in [0.5, 0.6) is 5.75 Å². The second-order valence-corrected chi connectivity index (χ2v) is 4.61. The molecule has 2 rings (SSSR count). The van der Waals surface area contributed by atoms with Gasteiger partial charge in [-0.25, -0.2) is 0 Å². The predicted molar refractivity (Wildman–Crippen MR) is 68.5 cm³/mol. The summed E-state index contributed by atoms with van der Waals surface area (Å²) in [6.45, 7) is 0. The first-order valence-electron chi connectivity index (χ1n) is 5.37. The van der Waals surface area contributed by atoms with Gasteiger partial charge >= 0.3 is 6.36 Å². The Labute approximate surface area is 120 Å². The number of carbonyl (C=O) groups excluding carboxylic acids is 1. The molecule has 1 aromatic heterocycles. The van der Waals surface area contributed by atoms with Gasteiger partial charge in [0.05, 0.1) is 4.47 Å². The second-order valence-electron chi connectivity index (χ2n) is 3.76. The lowest BCUT2D eigenvalue weighted by atomic mass is 10.0. The van der Waals surface area contributed by atoms with E-state index in [-0.39, 0.29) is 10.0 Å². The monoisotopic (exact) mass is 345 g/mol. The van der Waals surface area contributed by atoms with Crippen molar-refractivity contribution in [3.63, 3.8) is 0 Å². The van der Waals surface area contributed by atoms with Crippen LogP contribution in [0.4, 0.5) is 13.2 Å². The van der Waals surface area contributed by atoms with E-state index in [2.05, 4.69) is 25.7 Å². The number of hydrogen-bond acceptors (Lipinski definition) is 3. The molecule has 0 aliphatic carbocycles. The molecule has 20 heavy (non-hydrogen) atoms. The number of alkyl halides is 3. The van der Waals surface area contributed by atoms with Crippen molar-refractivity contribution < 1.29 is 22.7 Å². The van der Waals surface area contributed by atoms with Crippen LogP contribution >= 0.6 is 15.9 Å². The summed E-state index contributed by atoms with van der Waals surface area (Å²) in [6.07, 6.45) is -1.96. The third-order valence-electron chi connectivity index (χ3n) is 2.36. The third-order valence-corrected chi connectivity index (χ3v) is 3.02. The minimum atomic E-state index is -4.82. The van der Waals surface area contributed by atoms with Crippen molar-refractivity contribution in [2.24, 2.45) is 0 Å². The minimum absolute atomic E-state index is 0.0960. The normalized spacial score (nSPS) is 11.2. The van der Waals surface area contributed by atoms with Gasteiger partial charge < -0.3 is 4.74 Å². The van der Waals surface area contributed by atoms with Crippen molar-refractivity contribution in [3.05, 3.63) is 58.3 Å². The molecule has 0 aliphatic heterocycles. The van der Waals surface area contributed by atoms with E-state index < -0.39 is 17.9 Å². The van der Waals surface area contributed by atoms with E-state index in [0.29, 0.717) is 5.56 Å². The lowest BCUT2D eigenvalue weighted by Gasteiger charge is -2.11. The molecule has 104 valence electrons. The van der Waals surface area contributed by atoms with E-state index in [4.69, 9.17) is 0 Å². The molecule has 0 saturated heterocycles. The Hall–Kier alpha value is -1.89. The maximum absolute atomic E-state index is 12.2. The van der Waals surface area contributed by atoms with Crippen molar-refractivity contribution in [2.45, 2.75) is 6.36 Å². The summed E-state index contributed by atoms with van der Waals surface area (Å²) >= 11 is 2.94. The summed E-state index contributed by atoms with van der Waals surface area (Å²) < 4.78 is 40.7. The standard InChI is InChI=1S/C13H7BrF3NO2/c14-10-2-1-9(7-11(10)20-13(15,16)17)12(19)8-3-5-18-6-4-8/h1-7H. The van der Waals surface area contributed by atoms with E-state index in [1.807, 2.05) is 0 Å². The Balaban J connectivity index is 2.34. The van der Waals surface area contributed by atoms with Gasteiger partial charge in [0.2, 0.25) is 0 Å². The Morgan fingerprint density at radius 3 is 2.35 bits per heavy atom. The van der Waals surface area contributed by atoms with Crippen molar-refractivity contribution in [3.8, 4) is 5.75 Å². The number of aromatic nitrogens is 1. The van der Waals surface area contributed by atoms with E-state index >= 15 is 0 Å². The maximum Gasteiger partial charge on any atom is 0.573 e. The molecule has 0 fully saturated rings. The fourth-order valence-electron chi connectivity index (χ4n) is 1.52. The molecule has 0 unspecified atom stereocenters. The van der Waals surface area contributed by atoms with Gasteiger partial charge in [-0.3, -0.25) is 9.78 Å². The number of pyridine rings is 1. The summed E-state index contributed by atoms with van der Waals surface area (Å²) in [7, 11) is 0. The predicted octanol–water partition coefficient (Wildman–Crippen LogP) is 3.97. The van der Waals surface area contributed by atoms with Crippen LogP contribution in [0.1, 0.15) is 15.9 Å². The molecule has 0 atom stereocenters. The lowest BCUT2D eigenvalue weighted by molar-refractivity contribution is -0.274. The van der Waals surface area contributed by atoms with E-state index in [9.17, 15) is 18.0 Å². The van der Waals surface area contributed by atoms with Crippen LogP contribution in [0.25, 0.3) is 0 Å². The Morgan fingerprint density at radius 1 is 1.10 bits per heavy atom. The molecule has 0 spiro atoms. The number of carbonyl (C=O) groups is 1. The van der Waals surface area contributed by atoms with E-state index in [0.717, 1.165) is 6.07 Å². The van der Waals surface area contributed by atoms with Gasteiger partial charge in [-0.2, -0.15) is 0 Å². The van der Waals surface area contributed by atoms with Crippen LogP contribution in [0, 0.1) is 0 Å². The number of halogens is 4. The molecule has 0 amide bonds. The highest BCUT2D eigenvalue weighted by Gasteiger charge is 2.32. The Kier molecular flexibility index (Phi) is 4.08. The largest absolute Gasteiger partial charge is 0.573 e. The van der Waals surface area contributed by atoms with Crippen molar-refractivity contribution in [2.75, 3.05) is 0 Å². The molecule has 0 radical (unpaired) electrons. The molecule has 0 aliphatic rings. The molecule has 3 nitrogen and oxygen atoms in total. The second kappa shape index (κ2) is 5.62. The first-order chi connectivity index (χ1) is 9.37. The third kappa shape index (κ3) is 3.57. The quantitative estimate of drug-likeness (QED) is 0.790. The zero-order valence-electron chi connectivity index (χ0n) is 9.82. The number of ether oxygens (including phenoxy) is 1. The molecular formula is C13H7BrF3NO2. The topological polar surface area (TPSA) is 39.2 Å². The van der Waals surface area contributed by atoms with Gasteiger partial charge in [0, 0.05) is 23.5 Å². The summed E-state index contributed by atoms with van der Waals surface area (Å²) in [5.41, 5.74) is 0.430. The molecule has 0 N–H and O–H groups in total. The molecule has 0 bridgehead atoms. The van der Waals surface area contributed by atoms with E-state index in [1.165, 1.54) is 36.7 Å². The molecule has 1 aromatic carbocycles. The summed E-state index contributed by atoms with van der Waals surface area (Å²) in [5, 5.41) is 0. The van der Waals surface area contributed by atoms with Crippen LogP contribution < -0.4 is 4.74 Å². The van der Waals surface area contributed by atoms with Crippen LogP contribution in [0.15, 0.2) is 47.2 Å². The molecule has 7 heteroatoms. The van der Waals surface area contributed by atoms with Gasteiger partial charge in [0.25, 0.3) is 0 Å². The highest BCUT2D eigenvalue weighted by molar-refractivity contribution is 9.10. The first kappa shape index (κ1) is 14.5. The fourth-order valence-corrected chi connectivity index (χ4v) is 1.85. The van der Waals surface area contributed by atoms with Gasteiger partial charge in [-0.15, -0.1) is 13.2 Å². The molecule has 2 aromatic rings. The fraction of sp³-hybridized carbons (Fsp3) is 0.0769.